The molecule has 0 aliphatic carbocycles. The van der Waals surface area contributed by atoms with Crippen LogP contribution in [-0.4, -0.2) is 50.4 Å². The normalized spacial score (nSPS) is 18.0. The van der Waals surface area contributed by atoms with E-state index >= 15 is 0 Å². The van der Waals surface area contributed by atoms with Gasteiger partial charge in [0.15, 0.2) is 0 Å². The molecule has 0 aromatic heterocycles. The fourth-order valence-electron chi connectivity index (χ4n) is 3.63. The van der Waals surface area contributed by atoms with Crippen LogP contribution in [0.25, 0.3) is 6.08 Å². The van der Waals surface area contributed by atoms with Crippen molar-refractivity contribution in [3.05, 3.63) is 87.0 Å². The number of carboxylic acids is 1. The molecule has 2 aromatic carbocycles. The van der Waals surface area contributed by atoms with Crippen LogP contribution in [0.3, 0.4) is 0 Å². The van der Waals surface area contributed by atoms with E-state index in [9.17, 15) is 14.7 Å². The monoisotopic (exact) mass is 503 g/mol. The highest BCUT2D eigenvalue weighted by atomic mass is 35.5. The summed E-state index contributed by atoms with van der Waals surface area (Å²) in [7, 11) is 2.78. The number of aliphatic carboxylic acids is 1. The number of esters is 1. The molecule has 34 heavy (non-hydrogen) atoms. The van der Waals surface area contributed by atoms with Gasteiger partial charge in [-0.05, 0) is 29.3 Å². The average Bonchev–Trinajstić information content (AvgIpc) is 2.84. The highest BCUT2D eigenvalue weighted by Crippen LogP contribution is 2.40. The van der Waals surface area contributed by atoms with Crippen LogP contribution in [0.5, 0.6) is 0 Å². The zero-order chi connectivity index (χ0) is 24.7. The van der Waals surface area contributed by atoms with Gasteiger partial charge in [0.25, 0.3) is 0 Å². The lowest BCUT2D eigenvalue weighted by atomic mass is 9.78. The molecule has 0 fully saturated rings. The fraction of sp³-hybridized carbons (Fsp3) is 0.240. The summed E-state index contributed by atoms with van der Waals surface area (Å²) in [6.07, 6.45) is 3.73. The Morgan fingerprint density at radius 3 is 2.41 bits per heavy atom. The van der Waals surface area contributed by atoms with E-state index in [1.165, 1.54) is 26.5 Å². The quantitative estimate of drug-likeness (QED) is 0.382. The van der Waals surface area contributed by atoms with Crippen LogP contribution in [0.2, 0.25) is 10.0 Å². The number of carbonyl (C=O) groups is 2. The van der Waals surface area contributed by atoms with Crippen molar-refractivity contribution >= 4 is 47.4 Å². The predicted molar refractivity (Wildman–Crippen MR) is 130 cm³/mol. The Labute approximate surface area is 207 Å². The van der Waals surface area contributed by atoms with Crippen molar-refractivity contribution in [3.8, 4) is 0 Å². The summed E-state index contributed by atoms with van der Waals surface area (Å²) < 4.78 is 16.1. The van der Waals surface area contributed by atoms with Crippen molar-refractivity contribution in [3.63, 3.8) is 0 Å². The zero-order valence-corrected chi connectivity index (χ0v) is 20.0. The maximum Gasteiger partial charge on any atom is 0.337 e. The smallest absolute Gasteiger partial charge is 0.337 e. The van der Waals surface area contributed by atoms with Crippen LogP contribution in [0.1, 0.15) is 17.0 Å². The molecule has 0 saturated heterocycles. The number of hydrogen-bond donors (Lipinski definition) is 1. The van der Waals surface area contributed by atoms with Gasteiger partial charge in [0.1, 0.15) is 18.2 Å². The molecule has 1 heterocycles. The molecule has 2 atom stereocenters. The summed E-state index contributed by atoms with van der Waals surface area (Å²) in [5.41, 5.74) is 1.54. The molecule has 178 valence electrons. The van der Waals surface area contributed by atoms with Crippen molar-refractivity contribution in [1.82, 2.24) is 0 Å². The standard InChI is InChI=1S/C25H23Cl2NO6/c1-32-25(33-2)22-21(24(31)34-12-6-9-15-7-4-3-5-8-15)20(17(14-28-22)23(29)30)16-10-11-18(26)19(27)13-16/h3-11,13-14,17,20,25H,12H2,1-2H3,(H,29,30)/b9-6+. The number of carbonyl (C=O) groups excluding carboxylic acids is 1. The number of rotatable bonds is 9. The molecular formula is C25H23Cl2NO6. The van der Waals surface area contributed by atoms with Gasteiger partial charge in [0.05, 0.1) is 15.6 Å². The maximum absolute atomic E-state index is 13.3. The summed E-state index contributed by atoms with van der Waals surface area (Å²) in [4.78, 5) is 29.6. The van der Waals surface area contributed by atoms with Crippen molar-refractivity contribution in [2.24, 2.45) is 10.9 Å². The number of benzene rings is 2. The number of methoxy groups -OCH3 is 2. The SMILES string of the molecule is COC(OC)C1=C(C(=O)OC/C=C/c2ccccc2)C(c2ccc(Cl)c(Cl)c2)C(C(=O)O)C=N1. The minimum Gasteiger partial charge on any atom is -0.481 e. The average molecular weight is 504 g/mol. The molecule has 2 unspecified atom stereocenters. The molecule has 7 nitrogen and oxygen atoms in total. The maximum atomic E-state index is 13.3. The molecule has 0 bridgehead atoms. The van der Waals surface area contributed by atoms with Crippen LogP contribution in [0.15, 0.2) is 70.9 Å². The van der Waals surface area contributed by atoms with Crippen molar-refractivity contribution in [1.29, 1.82) is 0 Å². The number of halogens is 2. The predicted octanol–water partition coefficient (Wildman–Crippen LogP) is 4.99. The lowest BCUT2D eigenvalue weighted by molar-refractivity contribution is -0.141. The minimum absolute atomic E-state index is 0.00935. The van der Waals surface area contributed by atoms with E-state index in [1.807, 2.05) is 36.4 Å². The summed E-state index contributed by atoms with van der Waals surface area (Å²) in [6.45, 7) is -0.0370. The van der Waals surface area contributed by atoms with Gasteiger partial charge in [0, 0.05) is 26.4 Å². The highest BCUT2D eigenvalue weighted by Gasteiger charge is 2.41. The van der Waals surface area contributed by atoms with E-state index in [0.717, 1.165) is 5.56 Å². The largest absolute Gasteiger partial charge is 0.481 e. The van der Waals surface area contributed by atoms with Crippen LogP contribution in [0, 0.1) is 5.92 Å². The second-order valence-electron chi connectivity index (χ2n) is 7.31. The van der Waals surface area contributed by atoms with Gasteiger partial charge in [-0.3, -0.25) is 9.79 Å². The number of aliphatic imine (C=N–C) groups is 1. The molecule has 0 radical (unpaired) electrons. The summed E-state index contributed by atoms with van der Waals surface area (Å²) in [6, 6.07) is 14.2. The molecular weight excluding hydrogens is 481 g/mol. The first-order chi connectivity index (χ1) is 16.4. The molecule has 0 spiro atoms. The molecule has 0 amide bonds. The summed E-state index contributed by atoms with van der Waals surface area (Å²) in [5.74, 6) is -4.03. The van der Waals surface area contributed by atoms with Gasteiger partial charge in [-0.1, -0.05) is 65.7 Å². The molecule has 1 N–H and O–H groups in total. The first kappa shape index (κ1) is 25.6. The summed E-state index contributed by atoms with van der Waals surface area (Å²) in [5, 5.41) is 10.4. The van der Waals surface area contributed by atoms with Crippen LogP contribution in [0.4, 0.5) is 0 Å². The third-order valence-electron chi connectivity index (χ3n) is 5.20. The highest BCUT2D eigenvalue weighted by molar-refractivity contribution is 6.42. The zero-order valence-electron chi connectivity index (χ0n) is 18.5. The van der Waals surface area contributed by atoms with E-state index in [2.05, 4.69) is 4.99 Å². The number of nitrogens with zero attached hydrogens (tertiary/aromatic N) is 1. The second-order valence-corrected chi connectivity index (χ2v) is 8.12. The van der Waals surface area contributed by atoms with Gasteiger partial charge >= 0.3 is 11.9 Å². The molecule has 1 aliphatic heterocycles. The van der Waals surface area contributed by atoms with Gasteiger partial charge in [0.2, 0.25) is 6.29 Å². The van der Waals surface area contributed by atoms with Crippen molar-refractivity contribution in [2.75, 3.05) is 20.8 Å². The molecule has 0 saturated carbocycles. The third-order valence-corrected chi connectivity index (χ3v) is 5.94. The second kappa shape index (κ2) is 11.9. The van der Waals surface area contributed by atoms with Crippen LogP contribution < -0.4 is 0 Å². The lowest BCUT2D eigenvalue weighted by Gasteiger charge is -2.30. The van der Waals surface area contributed by atoms with Gasteiger partial charge < -0.3 is 19.3 Å². The Kier molecular flexibility index (Phi) is 9.01. The van der Waals surface area contributed by atoms with Gasteiger partial charge in [-0.2, -0.15) is 0 Å². The molecule has 9 heteroatoms. The summed E-state index contributed by atoms with van der Waals surface area (Å²) >= 11 is 12.2. The van der Waals surface area contributed by atoms with Gasteiger partial charge in [-0.15, -0.1) is 0 Å². The van der Waals surface area contributed by atoms with E-state index < -0.39 is 30.1 Å². The number of hydrogen-bond acceptors (Lipinski definition) is 6. The third kappa shape index (κ3) is 5.93. The van der Waals surface area contributed by atoms with E-state index in [1.54, 1.807) is 18.2 Å². The van der Waals surface area contributed by atoms with Crippen LogP contribution >= 0.6 is 23.2 Å². The Balaban J connectivity index is 2.00. The first-order valence-electron chi connectivity index (χ1n) is 10.3. The first-order valence-corrected chi connectivity index (χ1v) is 11.0. The Morgan fingerprint density at radius 1 is 1.09 bits per heavy atom. The van der Waals surface area contributed by atoms with E-state index in [-0.39, 0.29) is 22.9 Å². The van der Waals surface area contributed by atoms with Crippen molar-refractivity contribution < 1.29 is 28.9 Å². The number of carboxylic acid groups (broad SMARTS) is 1. The lowest BCUT2D eigenvalue weighted by Crippen LogP contribution is -2.34. The number of ether oxygens (including phenoxy) is 3. The Morgan fingerprint density at radius 2 is 1.79 bits per heavy atom. The Hall–Kier alpha value is -2.97. The molecule has 1 aliphatic rings. The molecule has 3 rings (SSSR count). The fourth-order valence-corrected chi connectivity index (χ4v) is 3.94. The topological polar surface area (TPSA) is 94.4 Å². The van der Waals surface area contributed by atoms with E-state index in [0.29, 0.717) is 10.6 Å². The van der Waals surface area contributed by atoms with Gasteiger partial charge in [-0.25, -0.2) is 4.79 Å². The Bertz CT molecular complexity index is 1130. The van der Waals surface area contributed by atoms with Crippen LogP contribution in [-0.2, 0) is 23.8 Å². The molecule has 2 aromatic rings. The van der Waals surface area contributed by atoms with Crippen molar-refractivity contribution in [2.45, 2.75) is 12.2 Å². The van der Waals surface area contributed by atoms with E-state index in [4.69, 9.17) is 37.4 Å². The minimum atomic E-state index is -1.17.